The molecule has 37 heavy (non-hydrogen) atoms. The number of carbonyl (C=O) groups is 2. The molecule has 8 nitrogen and oxygen atoms in total. The third-order valence-corrected chi connectivity index (χ3v) is 6.69. The zero-order chi connectivity index (χ0) is 27.6. The van der Waals surface area contributed by atoms with Gasteiger partial charge in [-0.3, -0.25) is 19.2 Å². The third-order valence-electron chi connectivity index (χ3n) is 6.69. The average molecular weight is 517 g/mol. The maximum absolute atomic E-state index is 12.1. The Hall–Kier alpha value is -3.16. The highest BCUT2D eigenvalue weighted by molar-refractivity contribution is 5.73. The van der Waals surface area contributed by atoms with Gasteiger partial charge in [0.05, 0.1) is 10.8 Å². The Balaban J connectivity index is 1.85. The van der Waals surface area contributed by atoms with Gasteiger partial charge in [0.15, 0.2) is 10.9 Å². The molecule has 0 aliphatic heterocycles. The van der Waals surface area contributed by atoms with Crippen molar-refractivity contribution in [3.63, 3.8) is 0 Å². The fraction of sp³-hybridized carbons (Fsp3) is 0.586. The largest absolute Gasteiger partial charge is 0.481 e. The monoisotopic (exact) mass is 516 g/mol. The summed E-state index contributed by atoms with van der Waals surface area (Å²) in [6.45, 7) is 6.82. The molecule has 0 aromatic carbocycles. The minimum absolute atomic E-state index is 0.123. The van der Waals surface area contributed by atoms with Crippen LogP contribution in [-0.4, -0.2) is 22.2 Å². The molecule has 0 atom stereocenters. The van der Waals surface area contributed by atoms with E-state index < -0.39 is 22.8 Å². The summed E-state index contributed by atoms with van der Waals surface area (Å²) >= 11 is 0. The Morgan fingerprint density at radius 1 is 0.595 bits per heavy atom. The van der Waals surface area contributed by atoms with E-state index in [-0.39, 0.29) is 10.9 Å². The second-order valence-corrected chi connectivity index (χ2v) is 11.1. The van der Waals surface area contributed by atoms with Crippen LogP contribution in [-0.2, 0) is 35.3 Å². The number of hydrogen-bond donors (Lipinski definition) is 2. The lowest BCUT2D eigenvalue weighted by Gasteiger charge is -2.18. The van der Waals surface area contributed by atoms with Gasteiger partial charge < -0.3 is 19.0 Å². The van der Waals surface area contributed by atoms with E-state index in [0.717, 1.165) is 25.7 Å². The van der Waals surface area contributed by atoms with E-state index in [4.69, 9.17) is 8.83 Å². The van der Waals surface area contributed by atoms with Crippen LogP contribution in [0.1, 0.15) is 95.7 Å². The van der Waals surface area contributed by atoms with Gasteiger partial charge in [0.2, 0.25) is 0 Å². The number of unbranched alkanes of at least 4 members (excludes halogenated alkanes) is 2. The molecule has 2 N–H and O–H groups in total. The van der Waals surface area contributed by atoms with Gasteiger partial charge in [-0.15, -0.1) is 0 Å². The second kappa shape index (κ2) is 13.4. The predicted octanol–water partition coefficient (Wildman–Crippen LogP) is 5.42. The molecule has 0 spiro atoms. The first-order valence-corrected chi connectivity index (χ1v) is 13.0. The Kier molecular flexibility index (Phi) is 10.9. The Bertz CT molecular complexity index is 1080. The highest BCUT2D eigenvalue weighted by Crippen LogP contribution is 2.25. The van der Waals surface area contributed by atoms with Crippen LogP contribution >= 0.6 is 0 Å². The Morgan fingerprint density at radius 3 is 1.19 bits per heavy atom. The van der Waals surface area contributed by atoms with E-state index >= 15 is 0 Å². The first-order chi connectivity index (χ1) is 17.3. The van der Waals surface area contributed by atoms with Crippen molar-refractivity contribution >= 4 is 11.9 Å². The lowest BCUT2D eigenvalue weighted by molar-refractivity contribution is -0.148. The molecule has 0 saturated carbocycles. The molecule has 2 aromatic rings. The SMILES string of the molecule is CC(C)(CCCCc1cc(=O)cc(CCCc2cc(=O)cc(CCCCC(C)(C)C(=O)O)o2)o1)C(=O)O. The lowest BCUT2D eigenvalue weighted by Crippen LogP contribution is -2.23. The third kappa shape index (κ3) is 10.4. The quantitative estimate of drug-likeness (QED) is 0.283. The molecule has 0 bridgehead atoms. The topological polar surface area (TPSA) is 135 Å². The number of carboxylic acid groups (broad SMARTS) is 2. The summed E-state index contributed by atoms with van der Waals surface area (Å²) in [7, 11) is 0. The van der Waals surface area contributed by atoms with Crippen molar-refractivity contribution in [3.05, 3.63) is 67.8 Å². The minimum Gasteiger partial charge on any atom is -0.481 e. The molecule has 0 radical (unpaired) electrons. The minimum atomic E-state index is -0.817. The van der Waals surface area contributed by atoms with E-state index in [1.807, 2.05) is 0 Å². The first-order valence-electron chi connectivity index (χ1n) is 13.0. The van der Waals surface area contributed by atoms with Crippen LogP contribution in [0, 0.1) is 10.8 Å². The normalized spacial score (nSPS) is 12.0. The van der Waals surface area contributed by atoms with Crippen LogP contribution in [0.15, 0.2) is 42.7 Å². The predicted molar refractivity (Wildman–Crippen MR) is 140 cm³/mol. The summed E-state index contributed by atoms with van der Waals surface area (Å²) in [5, 5.41) is 18.4. The van der Waals surface area contributed by atoms with E-state index in [2.05, 4.69) is 0 Å². The van der Waals surface area contributed by atoms with Gasteiger partial charge in [-0.05, 0) is 59.8 Å². The van der Waals surface area contributed by atoms with Crippen LogP contribution < -0.4 is 10.9 Å². The van der Waals surface area contributed by atoms with Crippen molar-refractivity contribution in [1.82, 2.24) is 0 Å². The van der Waals surface area contributed by atoms with Gasteiger partial charge in [0.25, 0.3) is 0 Å². The Morgan fingerprint density at radius 2 is 0.892 bits per heavy atom. The van der Waals surface area contributed by atoms with Crippen molar-refractivity contribution in [2.24, 2.45) is 10.8 Å². The van der Waals surface area contributed by atoms with Crippen LogP contribution in [0.3, 0.4) is 0 Å². The van der Waals surface area contributed by atoms with Gasteiger partial charge in [-0.1, -0.05) is 12.8 Å². The molecule has 2 heterocycles. The van der Waals surface area contributed by atoms with Crippen molar-refractivity contribution in [2.45, 2.75) is 98.3 Å². The lowest BCUT2D eigenvalue weighted by atomic mass is 9.87. The first kappa shape index (κ1) is 30.1. The summed E-state index contributed by atoms with van der Waals surface area (Å²) in [6, 6.07) is 5.91. The Labute approximate surface area is 217 Å². The standard InChI is InChI=1S/C29H40O8/c1-28(2,26(32)33)14-7-5-10-22-16-20(30)18-24(36-22)12-9-13-25-19-21(31)17-23(37-25)11-6-8-15-29(3,4)27(34)35/h16-19H,5-15H2,1-4H3,(H,32,33)(H,34,35). The maximum atomic E-state index is 12.1. The van der Waals surface area contributed by atoms with Crippen LogP contribution in [0.5, 0.6) is 0 Å². The zero-order valence-corrected chi connectivity index (χ0v) is 22.4. The highest BCUT2D eigenvalue weighted by Gasteiger charge is 2.26. The summed E-state index contributed by atoms with van der Waals surface area (Å²) in [4.78, 5) is 46.7. The molecule has 2 rings (SSSR count). The van der Waals surface area contributed by atoms with E-state index in [1.165, 1.54) is 24.3 Å². The fourth-order valence-electron chi connectivity index (χ4n) is 4.05. The molecule has 8 heteroatoms. The van der Waals surface area contributed by atoms with Gasteiger partial charge in [0.1, 0.15) is 23.0 Å². The number of hydrogen-bond acceptors (Lipinski definition) is 6. The van der Waals surface area contributed by atoms with Crippen molar-refractivity contribution in [3.8, 4) is 0 Å². The molecule has 0 aliphatic rings. The molecule has 0 amide bonds. The molecule has 0 fully saturated rings. The number of aliphatic carboxylic acids is 2. The molecule has 0 saturated heterocycles. The smallest absolute Gasteiger partial charge is 0.309 e. The molecule has 204 valence electrons. The van der Waals surface area contributed by atoms with Crippen molar-refractivity contribution in [1.29, 1.82) is 0 Å². The van der Waals surface area contributed by atoms with Gasteiger partial charge in [-0.2, -0.15) is 0 Å². The number of rotatable bonds is 16. The average Bonchev–Trinajstić information content (AvgIpc) is 2.79. The molecule has 0 unspecified atom stereocenters. The van der Waals surface area contributed by atoms with Crippen molar-refractivity contribution in [2.75, 3.05) is 0 Å². The van der Waals surface area contributed by atoms with E-state index in [9.17, 15) is 29.4 Å². The molecular formula is C29H40O8. The van der Waals surface area contributed by atoms with Crippen LogP contribution in [0.25, 0.3) is 0 Å². The fourth-order valence-corrected chi connectivity index (χ4v) is 4.05. The van der Waals surface area contributed by atoms with Gasteiger partial charge >= 0.3 is 11.9 Å². The maximum Gasteiger partial charge on any atom is 0.309 e. The van der Waals surface area contributed by atoms with Crippen LogP contribution in [0.2, 0.25) is 0 Å². The summed E-state index contributed by atoms with van der Waals surface area (Å²) in [5.41, 5.74) is -1.79. The summed E-state index contributed by atoms with van der Waals surface area (Å²) in [5.74, 6) is 0.704. The van der Waals surface area contributed by atoms with Gasteiger partial charge in [0, 0.05) is 49.9 Å². The molecular weight excluding hydrogens is 476 g/mol. The van der Waals surface area contributed by atoms with Crippen LogP contribution in [0.4, 0.5) is 0 Å². The second-order valence-electron chi connectivity index (χ2n) is 11.1. The highest BCUT2D eigenvalue weighted by atomic mass is 16.4. The summed E-state index contributed by atoms with van der Waals surface area (Å²) in [6.07, 6.45) is 6.83. The molecule has 0 aliphatic carbocycles. The van der Waals surface area contributed by atoms with Crippen molar-refractivity contribution < 1.29 is 28.6 Å². The number of carboxylic acids is 2. The zero-order valence-electron chi connectivity index (χ0n) is 22.4. The van der Waals surface area contributed by atoms with Gasteiger partial charge in [-0.25, -0.2) is 0 Å². The number of aryl methyl sites for hydroxylation is 4. The molecule has 2 aromatic heterocycles. The summed E-state index contributed by atoms with van der Waals surface area (Å²) < 4.78 is 11.8. The van der Waals surface area contributed by atoms with E-state index in [0.29, 0.717) is 68.0 Å². The van der Waals surface area contributed by atoms with E-state index in [1.54, 1.807) is 27.7 Å².